The molecule has 0 saturated carbocycles. The highest BCUT2D eigenvalue weighted by Gasteiger charge is 2.17. The van der Waals surface area contributed by atoms with Gasteiger partial charge in [-0.15, -0.1) is 0 Å². The third-order valence-electron chi connectivity index (χ3n) is 3.21. The van der Waals surface area contributed by atoms with E-state index in [1.165, 1.54) is 18.0 Å². The van der Waals surface area contributed by atoms with E-state index in [0.717, 1.165) is 16.9 Å². The number of aliphatic hydroxyl groups excluding tert-OH is 1. The Morgan fingerprint density at radius 3 is 2.36 bits per heavy atom. The summed E-state index contributed by atoms with van der Waals surface area (Å²) in [6, 6.07) is 7.37. The van der Waals surface area contributed by atoms with Crippen LogP contribution < -0.4 is 4.74 Å². The van der Waals surface area contributed by atoms with Crippen LogP contribution in [0.4, 0.5) is 0 Å². The number of rotatable bonds is 6. The number of carbonyl (C=O) groups is 1. The molecule has 0 atom stereocenters. The van der Waals surface area contributed by atoms with Gasteiger partial charge in [0.1, 0.15) is 16.5 Å². The van der Waals surface area contributed by atoms with E-state index in [0.29, 0.717) is 13.0 Å². The van der Waals surface area contributed by atoms with Crippen LogP contribution in [0.5, 0.6) is 5.75 Å². The Kier molecular flexibility index (Phi) is 6.99. The zero-order valence-electron chi connectivity index (χ0n) is 13.4. The Morgan fingerprint density at radius 1 is 1.32 bits per heavy atom. The molecule has 0 radical (unpaired) electrons. The molecule has 1 aromatic carbocycles. The minimum atomic E-state index is -0.328. The molecule has 0 spiro atoms. The monoisotopic (exact) mass is 323 g/mol. The molecule has 1 rings (SSSR count). The molecular weight excluding hydrogens is 302 g/mol. The van der Waals surface area contributed by atoms with E-state index < -0.39 is 0 Å². The van der Waals surface area contributed by atoms with Crippen LogP contribution in [0.1, 0.15) is 32.8 Å². The third-order valence-corrected chi connectivity index (χ3v) is 3.69. The van der Waals surface area contributed by atoms with Crippen molar-refractivity contribution < 1.29 is 14.6 Å². The molecule has 5 heteroatoms. The topological polar surface area (TPSA) is 49.8 Å². The van der Waals surface area contributed by atoms with E-state index in [2.05, 4.69) is 0 Å². The fraction of sp³-hybridized carbons (Fsp3) is 0.353. The quantitative estimate of drug-likeness (QED) is 0.625. The zero-order chi connectivity index (χ0) is 16.7. The van der Waals surface area contributed by atoms with Crippen molar-refractivity contribution in [3.05, 3.63) is 52.4 Å². The van der Waals surface area contributed by atoms with Crippen molar-refractivity contribution >= 4 is 17.5 Å². The number of nitrogens with zero attached hydrogens (tertiary/aromatic N) is 1. The van der Waals surface area contributed by atoms with Gasteiger partial charge >= 0.3 is 0 Å². The summed E-state index contributed by atoms with van der Waals surface area (Å²) in [7, 11) is 1.60. The Balaban J connectivity index is 3.03. The highest BCUT2D eigenvalue weighted by atomic mass is 35.5. The van der Waals surface area contributed by atoms with Gasteiger partial charge in [-0.05, 0) is 43.5 Å². The highest BCUT2D eigenvalue weighted by molar-refractivity contribution is 6.42. The van der Waals surface area contributed by atoms with E-state index in [-0.39, 0.29) is 16.7 Å². The number of amides is 1. The van der Waals surface area contributed by atoms with Crippen LogP contribution in [0.15, 0.2) is 46.8 Å². The molecule has 0 bridgehead atoms. The number of aliphatic hydroxyl groups is 1. The summed E-state index contributed by atoms with van der Waals surface area (Å²) in [6.07, 6.45) is 2.08. The molecule has 1 amide bonds. The van der Waals surface area contributed by atoms with Gasteiger partial charge in [0.25, 0.3) is 5.91 Å². The number of hydrogen-bond donors (Lipinski definition) is 1. The van der Waals surface area contributed by atoms with E-state index in [1.807, 2.05) is 38.1 Å². The first-order valence-corrected chi connectivity index (χ1v) is 7.43. The van der Waals surface area contributed by atoms with Gasteiger partial charge in [-0.1, -0.05) is 30.7 Å². The van der Waals surface area contributed by atoms with Crippen molar-refractivity contribution in [2.24, 2.45) is 0 Å². The summed E-state index contributed by atoms with van der Waals surface area (Å²) in [5, 5.41) is 9.69. The van der Waals surface area contributed by atoms with E-state index in [4.69, 9.17) is 16.3 Å². The lowest BCUT2D eigenvalue weighted by Crippen LogP contribution is -2.26. The van der Waals surface area contributed by atoms with Crippen LogP contribution in [0.25, 0.3) is 0 Å². The molecule has 0 aromatic heterocycles. The average Bonchev–Trinajstić information content (AvgIpc) is 2.52. The second kappa shape index (κ2) is 8.49. The van der Waals surface area contributed by atoms with Crippen LogP contribution in [-0.4, -0.2) is 23.0 Å². The normalized spacial score (nSPS) is 12.7. The Labute approximate surface area is 136 Å². The largest absolute Gasteiger partial charge is 0.511 e. The van der Waals surface area contributed by atoms with Gasteiger partial charge in [0.05, 0.1) is 13.7 Å². The summed E-state index contributed by atoms with van der Waals surface area (Å²) >= 11 is 6.13. The number of methoxy groups -OCH3 is 1. The number of carbonyl (C=O) groups excluding carboxylic acids is 1. The van der Waals surface area contributed by atoms with Gasteiger partial charge in [0.2, 0.25) is 0 Å². The van der Waals surface area contributed by atoms with Gasteiger partial charge < -0.3 is 14.7 Å². The second-order valence-corrected chi connectivity index (χ2v) is 5.38. The Hall–Kier alpha value is -1.94. The summed E-state index contributed by atoms with van der Waals surface area (Å²) in [4.78, 5) is 13.9. The summed E-state index contributed by atoms with van der Waals surface area (Å²) in [5.74, 6) is 0.459. The first kappa shape index (κ1) is 18.1. The first-order valence-electron chi connectivity index (χ1n) is 7.05. The molecule has 0 fully saturated rings. The van der Waals surface area contributed by atoms with Crippen molar-refractivity contribution in [3.8, 4) is 5.75 Å². The minimum Gasteiger partial charge on any atom is -0.511 e. The molecule has 0 saturated heterocycles. The van der Waals surface area contributed by atoms with Crippen molar-refractivity contribution in [2.75, 3.05) is 7.11 Å². The minimum absolute atomic E-state index is 0.0421. The molecule has 0 aliphatic heterocycles. The molecule has 1 aromatic rings. The van der Waals surface area contributed by atoms with Crippen molar-refractivity contribution in [2.45, 2.75) is 33.7 Å². The lowest BCUT2D eigenvalue weighted by atomic mass is 10.2. The molecule has 0 unspecified atom stereocenters. The maximum atomic E-state index is 12.5. The molecule has 0 heterocycles. The lowest BCUT2D eigenvalue weighted by Gasteiger charge is -2.19. The van der Waals surface area contributed by atoms with E-state index in [1.54, 1.807) is 7.11 Å². The fourth-order valence-corrected chi connectivity index (χ4v) is 2.04. The number of allylic oxidation sites excluding steroid dienone is 2. The Bertz CT molecular complexity index is 572. The van der Waals surface area contributed by atoms with Crippen molar-refractivity contribution in [1.82, 2.24) is 4.90 Å². The molecule has 0 aliphatic rings. The van der Waals surface area contributed by atoms with Gasteiger partial charge in [0, 0.05) is 6.20 Å². The first-order chi connectivity index (χ1) is 10.4. The fourth-order valence-electron chi connectivity index (χ4n) is 1.79. The predicted molar refractivity (Wildman–Crippen MR) is 88.8 cm³/mol. The molecule has 120 valence electrons. The van der Waals surface area contributed by atoms with Crippen LogP contribution in [0.3, 0.4) is 0 Å². The third kappa shape index (κ3) is 5.11. The molecule has 22 heavy (non-hydrogen) atoms. The summed E-state index contributed by atoms with van der Waals surface area (Å²) in [6.45, 7) is 5.58. The molecule has 0 aliphatic carbocycles. The Morgan fingerprint density at radius 2 is 1.91 bits per heavy atom. The van der Waals surface area contributed by atoms with Crippen molar-refractivity contribution in [1.29, 1.82) is 0 Å². The van der Waals surface area contributed by atoms with Crippen molar-refractivity contribution in [3.63, 3.8) is 0 Å². The second-order valence-electron chi connectivity index (χ2n) is 5.00. The van der Waals surface area contributed by atoms with Crippen LogP contribution in [0, 0.1) is 0 Å². The zero-order valence-corrected chi connectivity index (χ0v) is 14.1. The summed E-state index contributed by atoms with van der Waals surface area (Å²) < 4.78 is 5.11. The van der Waals surface area contributed by atoms with Crippen LogP contribution in [0.2, 0.25) is 0 Å². The number of ether oxygens (including phenoxy) is 1. The van der Waals surface area contributed by atoms with Crippen LogP contribution in [-0.2, 0) is 11.3 Å². The van der Waals surface area contributed by atoms with Gasteiger partial charge in [0.15, 0.2) is 0 Å². The summed E-state index contributed by atoms with van der Waals surface area (Å²) in [5.41, 5.74) is 1.72. The van der Waals surface area contributed by atoms with Gasteiger partial charge in [-0.25, -0.2) is 0 Å². The maximum Gasteiger partial charge on any atom is 0.269 e. The SMILES string of the molecule is CC/C(C)=C(\Cl)C(=O)N(/C=C(\C)O)Cc1ccc(OC)cc1. The van der Waals surface area contributed by atoms with Gasteiger partial charge in [-0.2, -0.15) is 0 Å². The number of benzene rings is 1. The maximum absolute atomic E-state index is 12.5. The predicted octanol–water partition coefficient (Wildman–Crippen LogP) is 4.37. The van der Waals surface area contributed by atoms with Gasteiger partial charge in [-0.3, -0.25) is 4.79 Å². The van der Waals surface area contributed by atoms with E-state index in [9.17, 15) is 9.90 Å². The van der Waals surface area contributed by atoms with E-state index >= 15 is 0 Å². The number of hydrogen-bond acceptors (Lipinski definition) is 3. The average molecular weight is 324 g/mol. The molecular formula is C17H22ClNO3. The lowest BCUT2D eigenvalue weighted by molar-refractivity contribution is -0.124. The standard InChI is InChI=1S/C17H22ClNO3/c1-5-12(2)16(18)17(21)19(10-13(3)20)11-14-6-8-15(22-4)9-7-14/h6-10,20H,5,11H2,1-4H3/b13-10+,16-12-. The molecule has 4 nitrogen and oxygen atoms in total. The van der Waals surface area contributed by atoms with Crippen LogP contribution >= 0.6 is 11.6 Å². The molecule has 1 N–H and O–H groups in total. The highest BCUT2D eigenvalue weighted by Crippen LogP contribution is 2.19. The smallest absolute Gasteiger partial charge is 0.269 e. The number of halogens is 1.